The van der Waals surface area contributed by atoms with Gasteiger partial charge in [0.25, 0.3) is 11.5 Å². The van der Waals surface area contributed by atoms with E-state index >= 15 is 0 Å². The van der Waals surface area contributed by atoms with Crippen molar-refractivity contribution in [2.24, 2.45) is 5.10 Å². The molecular formula is C33H25ClN4O6. The Hall–Kier alpha value is -5.61. The van der Waals surface area contributed by atoms with E-state index in [1.807, 2.05) is 36.4 Å². The van der Waals surface area contributed by atoms with E-state index in [9.17, 15) is 9.59 Å². The van der Waals surface area contributed by atoms with Crippen LogP contribution in [0.5, 0.6) is 17.2 Å². The molecule has 10 nitrogen and oxygen atoms in total. The van der Waals surface area contributed by atoms with Gasteiger partial charge in [-0.15, -0.1) is 0 Å². The molecule has 0 saturated heterocycles. The van der Waals surface area contributed by atoms with E-state index in [4.69, 9.17) is 35.2 Å². The molecule has 0 bridgehead atoms. The van der Waals surface area contributed by atoms with Crippen LogP contribution in [0.4, 0.5) is 5.69 Å². The summed E-state index contributed by atoms with van der Waals surface area (Å²) in [5, 5.41) is 9.08. The van der Waals surface area contributed by atoms with Crippen molar-refractivity contribution in [3.05, 3.63) is 112 Å². The fraction of sp³-hybridized carbons (Fsp3) is 0.0909. The number of benzene rings is 4. The van der Waals surface area contributed by atoms with Gasteiger partial charge in [-0.3, -0.25) is 9.59 Å². The maximum absolute atomic E-state index is 13.6. The summed E-state index contributed by atoms with van der Waals surface area (Å²) in [7, 11) is 2.93. The number of methoxy groups -OCH3 is 2. The Morgan fingerprint density at radius 2 is 1.68 bits per heavy atom. The van der Waals surface area contributed by atoms with Crippen LogP contribution in [0.3, 0.4) is 0 Å². The van der Waals surface area contributed by atoms with E-state index in [1.165, 1.54) is 25.1 Å². The van der Waals surface area contributed by atoms with Gasteiger partial charge in [-0.05, 0) is 60.7 Å². The van der Waals surface area contributed by atoms with Crippen LogP contribution in [-0.2, 0) is 4.79 Å². The van der Waals surface area contributed by atoms with Gasteiger partial charge in [-0.25, -0.2) is 4.98 Å². The standard InChI is InChI=1S/C33H25ClN4O6/c1-41-27-15-20(16-28(42-2)31(27)43-19-30(39)36-23-13-11-22(34)12-14-23)18-35-38-32(29-17-21-7-3-6-10-26(21)44-29)37-25-9-5-4-8-24(25)33(38)40/h3-18H,19H2,1-2H3,(H,36,39). The van der Waals surface area contributed by atoms with Crippen LogP contribution in [-0.4, -0.2) is 42.6 Å². The number of hydrogen-bond donors (Lipinski definition) is 1. The average Bonchev–Trinajstić information content (AvgIpc) is 3.48. The molecule has 2 heterocycles. The van der Waals surface area contributed by atoms with Crippen molar-refractivity contribution in [2.45, 2.75) is 0 Å². The zero-order valence-corrected chi connectivity index (χ0v) is 24.4. The Labute approximate surface area is 256 Å². The molecule has 0 spiro atoms. The molecule has 1 amide bonds. The third-order valence-corrected chi connectivity index (χ3v) is 6.93. The summed E-state index contributed by atoms with van der Waals surface area (Å²) < 4.78 is 24.1. The van der Waals surface area contributed by atoms with Crippen molar-refractivity contribution >= 4 is 51.3 Å². The molecule has 1 N–H and O–H groups in total. The van der Waals surface area contributed by atoms with Crippen LogP contribution < -0.4 is 25.1 Å². The van der Waals surface area contributed by atoms with Crippen LogP contribution in [0.1, 0.15) is 5.56 Å². The molecule has 0 atom stereocenters. The summed E-state index contributed by atoms with van der Waals surface area (Å²) in [6.45, 7) is -0.304. The predicted octanol–water partition coefficient (Wildman–Crippen LogP) is 6.38. The second-order valence-electron chi connectivity index (χ2n) is 9.56. The summed E-state index contributed by atoms with van der Waals surface area (Å²) in [5.41, 5.74) is 1.92. The molecular weight excluding hydrogens is 584 g/mol. The van der Waals surface area contributed by atoms with Crippen LogP contribution in [0.2, 0.25) is 5.02 Å². The maximum Gasteiger partial charge on any atom is 0.282 e. The Bertz CT molecular complexity index is 2030. The molecule has 11 heteroatoms. The Morgan fingerprint density at radius 3 is 2.41 bits per heavy atom. The number of fused-ring (bicyclic) bond motifs is 2. The van der Waals surface area contributed by atoms with Gasteiger partial charge in [0, 0.05) is 21.7 Å². The van der Waals surface area contributed by atoms with E-state index in [0.717, 1.165) is 5.39 Å². The van der Waals surface area contributed by atoms with Crippen LogP contribution in [0, 0.1) is 0 Å². The molecule has 0 saturated carbocycles. The largest absolute Gasteiger partial charge is 0.493 e. The Morgan fingerprint density at radius 1 is 0.977 bits per heavy atom. The van der Waals surface area contributed by atoms with E-state index in [1.54, 1.807) is 54.6 Å². The number of nitrogens with one attached hydrogen (secondary N) is 1. The van der Waals surface area contributed by atoms with E-state index in [-0.39, 0.29) is 29.6 Å². The van der Waals surface area contributed by atoms with Gasteiger partial charge in [0.1, 0.15) is 5.58 Å². The van der Waals surface area contributed by atoms with Gasteiger partial charge in [-0.2, -0.15) is 9.78 Å². The predicted molar refractivity (Wildman–Crippen MR) is 169 cm³/mol. The van der Waals surface area contributed by atoms with Crippen molar-refractivity contribution < 1.29 is 23.4 Å². The fourth-order valence-electron chi connectivity index (χ4n) is 4.59. The molecule has 4 aromatic carbocycles. The number of aromatic nitrogens is 2. The number of amides is 1. The lowest BCUT2D eigenvalue weighted by Gasteiger charge is -2.15. The van der Waals surface area contributed by atoms with Gasteiger partial charge in [0.2, 0.25) is 11.6 Å². The van der Waals surface area contributed by atoms with Crippen molar-refractivity contribution in [3.63, 3.8) is 0 Å². The highest BCUT2D eigenvalue weighted by molar-refractivity contribution is 6.30. The zero-order chi connectivity index (χ0) is 30.6. The molecule has 44 heavy (non-hydrogen) atoms. The average molecular weight is 609 g/mol. The smallest absolute Gasteiger partial charge is 0.282 e. The van der Waals surface area contributed by atoms with Crippen LogP contribution >= 0.6 is 11.6 Å². The van der Waals surface area contributed by atoms with E-state index < -0.39 is 0 Å². The second-order valence-corrected chi connectivity index (χ2v) is 10.00. The molecule has 0 radical (unpaired) electrons. The molecule has 2 aromatic heterocycles. The normalized spacial score (nSPS) is 11.2. The summed E-state index contributed by atoms with van der Waals surface area (Å²) in [6, 6.07) is 26.4. The highest BCUT2D eigenvalue weighted by Crippen LogP contribution is 2.38. The second kappa shape index (κ2) is 12.3. The van der Waals surface area contributed by atoms with Crippen LogP contribution in [0.25, 0.3) is 33.5 Å². The zero-order valence-electron chi connectivity index (χ0n) is 23.6. The molecule has 0 unspecified atom stereocenters. The number of carbonyl (C=O) groups excluding carboxylic acids is 1. The summed E-state index contributed by atoms with van der Waals surface area (Å²) in [6.07, 6.45) is 1.48. The molecule has 6 rings (SSSR count). The Balaban J connectivity index is 1.33. The lowest BCUT2D eigenvalue weighted by Crippen LogP contribution is -2.20. The Kier molecular flexibility index (Phi) is 7.98. The van der Waals surface area contributed by atoms with Gasteiger partial charge < -0.3 is 23.9 Å². The SMILES string of the molecule is COc1cc(C=Nn2c(-c3cc4ccccc4o3)nc3ccccc3c2=O)cc(OC)c1OCC(=O)Nc1ccc(Cl)cc1. The number of anilines is 1. The first-order valence-corrected chi connectivity index (χ1v) is 13.8. The minimum atomic E-state index is -0.386. The van der Waals surface area contributed by atoms with Crippen molar-refractivity contribution in [1.29, 1.82) is 0 Å². The van der Waals surface area contributed by atoms with E-state index in [2.05, 4.69) is 10.4 Å². The van der Waals surface area contributed by atoms with Gasteiger partial charge >= 0.3 is 0 Å². The highest BCUT2D eigenvalue weighted by Gasteiger charge is 2.18. The molecule has 0 aliphatic heterocycles. The van der Waals surface area contributed by atoms with Crippen LogP contribution in [0.15, 0.2) is 105 Å². The first-order chi connectivity index (χ1) is 21.4. The van der Waals surface area contributed by atoms with Crippen molar-refractivity contribution in [2.75, 3.05) is 26.1 Å². The first-order valence-electron chi connectivity index (χ1n) is 13.4. The number of ether oxygens (including phenoxy) is 3. The van der Waals surface area contributed by atoms with Gasteiger partial charge in [0.15, 0.2) is 23.9 Å². The minimum absolute atomic E-state index is 0.228. The summed E-state index contributed by atoms with van der Waals surface area (Å²) in [5.74, 6) is 1.07. The number of rotatable bonds is 9. The maximum atomic E-state index is 13.6. The molecule has 0 aliphatic carbocycles. The lowest BCUT2D eigenvalue weighted by molar-refractivity contribution is -0.118. The minimum Gasteiger partial charge on any atom is -0.493 e. The molecule has 220 valence electrons. The van der Waals surface area contributed by atoms with Gasteiger partial charge in [-0.1, -0.05) is 41.9 Å². The molecule has 0 fully saturated rings. The summed E-state index contributed by atoms with van der Waals surface area (Å²) >= 11 is 5.91. The number of para-hydroxylation sites is 2. The quantitative estimate of drug-likeness (QED) is 0.189. The van der Waals surface area contributed by atoms with E-state index in [0.29, 0.717) is 50.0 Å². The molecule has 0 aliphatic rings. The lowest BCUT2D eigenvalue weighted by atomic mass is 10.2. The van der Waals surface area contributed by atoms with Crippen molar-refractivity contribution in [1.82, 2.24) is 9.66 Å². The van der Waals surface area contributed by atoms with Gasteiger partial charge in [0.05, 0.1) is 31.3 Å². The monoisotopic (exact) mass is 608 g/mol. The topological polar surface area (TPSA) is 117 Å². The third kappa shape index (κ3) is 5.83. The number of halogens is 1. The number of carbonyl (C=O) groups is 1. The number of nitrogens with zero attached hydrogens (tertiary/aromatic N) is 3. The van der Waals surface area contributed by atoms with Crippen molar-refractivity contribution in [3.8, 4) is 28.8 Å². The molecule has 6 aromatic rings. The highest BCUT2D eigenvalue weighted by atomic mass is 35.5. The third-order valence-electron chi connectivity index (χ3n) is 6.68. The first kappa shape index (κ1) is 28.5. The fourth-order valence-corrected chi connectivity index (χ4v) is 4.72. The number of furan rings is 1. The number of hydrogen-bond acceptors (Lipinski definition) is 8. The summed E-state index contributed by atoms with van der Waals surface area (Å²) in [4.78, 5) is 30.8.